The largest absolute Gasteiger partial charge is 0.481 e. The number of nitrogens with two attached hydrogens (primary N) is 2. The van der Waals surface area contributed by atoms with Crippen molar-refractivity contribution in [2.24, 2.45) is 11.5 Å². The van der Waals surface area contributed by atoms with Crippen LogP contribution in [0.5, 0.6) is 0 Å². The highest BCUT2D eigenvalue weighted by Gasteiger charge is 2.31. The molecule has 30 heavy (non-hydrogen) atoms. The second-order valence-corrected chi connectivity index (χ2v) is 6.85. The number of amides is 3. The Labute approximate surface area is 173 Å². The number of nitrogens with one attached hydrogen (secondary N) is 3. The molecule has 172 valence electrons. The number of unbranched alkanes of at least 4 members (excludes halogenated alkanes) is 1. The molecule has 0 spiro atoms. The predicted octanol–water partition coefficient (Wildman–Crippen LogP) is -3.14. The minimum atomic E-state index is -1.49. The van der Waals surface area contributed by atoms with Gasteiger partial charge >= 0.3 is 11.9 Å². The van der Waals surface area contributed by atoms with Gasteiger partial charge in [0, 0.05) is 0 Å². The van der Waals surface area contributed by atoms with Crippen LogP contribution in [0.1, 0.15) is 39.5 Å². The summed E-state index contributed by atoms with van der Waals surface area (Å²) in [5, 5.41) is 34.2. The molecule has 0 aromatic rings. The molecule has 0 aliphatic carbocycles. The normalized spacial score (nSPS) is 15.8. The number of hydrogen-bond acceptors (Lipinski definition) is 8. The third-order valence-electron chi connectivity index (χ3n) is 4.10. The van der Waals surface area contributed by atoms with Crippen molar-refractivity contribution in [1.29, 1.82) is 0 Å². The van der Waals surface area contributed by atoms with Gasteiger partial charge in [-0.25, -0.2) is 0 Å². The molecular weight excluding hydrogens is 402 g/mol. The van der Waals surface area contributed by atoms with E-state index in [4.69, 9.17) is 21.7 Å². The monoisotopic (exact) mass is 433 g/mol. The summed E-state index contributed by atoms with van der Waals surface area (Å²) in [6, 6.07) is -5.31. The maximum Gasteiger partial charge on any atom is 0.325 e. The molecule has 0 saturated heterocycles. The van der Waals surface area contributed by atoms with E-state index in [0.717, 1.165) is 0 Å². The summed E-state index contributed by atoms with van der Waals surface area (Å²) >= 11 is 0. The first-order valence-corrected chi connectivity index (χ1v) is 9.40. The lowest BCUT2D eigenvalue weighted by atomic mass is 10.1. The summed E-state index contributed by atoms with van der Waals surface area (Å²) in [7, 11) is 0. The summed E-state index contributed by atoms with van der Waals surface area (Å²) < 4.78 is 0. The fourth-order valence-electron chi connectivity index (χ4n) is 2.35. The summed E-state index contributed by atoms with van der Waals surface area (Å²) in [5.41, 5.74) is 10.9. The predicted molar refractivity (Wildman–Crippen MR) is 104 cm³/mol. The average molecular weight is 433 g/mol. The number of aliphatic carboxylic acids is 2. The van der Waals surface area contributed by atoms with Crippen molar-refractivity contribution in [3.63, 3.8) is 0 Å². The second kappa shape index (κ2) is 13.5. The standard InChI is InChI=1S/C17H31N5O8/c1-8(17(29)30)20-16(28)13(9(2)23)22-15(27)11(5-3-4-6-18)21-14(26)10(19)7-12(24)25/h8-11,13,23H,3-7,18-19H2,1-2H3,(H,20,28)(H,21,26)(H,22,27)(H,24,25)(H,29,30). The van der Waals surface area contributed by atoms with Gasteiger partial charge in [0.25, 0.3) is 0 Å². The Kier molecular flexibility index (Phi) is 12.2. The van der Waals surface area contributed by atoms with Gasteiger partial charge in [0.2, 0.25) is 17.7 Å². The van der Waals surface area contributed by atoms with Gasteiger partial charge in [0.1, 0.15) is 18.1 Å². The van der Waals surface area contributed by atoms with Crippen LogP contribution in [0.2, 0.25) is 0 Å². The van der Waals surface area contributed by atoms with E-state index in [9.17, 15) is 29.1 Å². The molecular formula is C17H31N5O8. The van der Waals surface area contributed by atoms with Gasteiger partial charge in [-0.1, -0.05) is 0 Å². The third-order valence-corrected chi connectivity index (χ3v) is 4.10. The zero-order valence-corrected chi connectivity index (χ0v) is 17.0. The van der Waals surface area contributed by atoms with Crippen molar-refractivity contribution in [3.05, 3.63) is 0 Å². The highest BCUT2D eigenvalue weighted by Crippen LogP contribution is 2.04. The highest BCUT2D eigenvalue weighted by atomic mass is 16.4. The van der Waals surface area contributed by atoms with E-state index in [2.05, 4.69) is 16.0 Å². The number of carbonyl (C=O) groups excluding carboxylic acids is 3. The quantitative estimate of drug-likeness (QED) is 0.128. The lowest BCUT2D eigenvalue weighted by molar-refractivity contribution is -0.142. The van der Waals surface area contributed by atoms with Crippen molar-refractivity contribution < 1.29 is 39.3 Å². The van der Waals surface area contributed by atoms with Crippen molar-refractivity contribution in [3.8, 4) is 0 Å². The Bertz CT molecular complexity index is 627. The molecule has 0 aromatic carbocycles. The molecule has 13 nitrogen and oxygen atoms in total. The van der Waals surface area contributed by atoms with Crippen LogP contribution in [0.4, 0.5) is 0 Å². The molecule has 0 radical (unpaired) electrons. The summed E-state index contributed by atoms with van der Waals surface area (Å²) in [5.74, 6) is -5.23. The van der Waals surface area contributed by atoms with E-state index < -0.39 is 66.4 Å². The molecule has 0 aromatic heterocycles. The van der Waals surface area contributed by atoms with Crippen LogP contribution in [0.25, 0.3) is 0 Å². The SMILES string of the molecule is CC(NC(=O)C(NC(=O)C(CCCCN)NC(=O)C(N)CC(=O)O)C(C)O)C(=O)O. The van der Waals surface area contributed by atoms with Gasteiger partial charge in [-0.2, -0.15) is 0 Å². The van der Waals surface area contributed by atoms with Crippen LogP contribution in [0.15, 0.2) is 0 Å². The number of carbonyl (C=O) groups is 5. The third kappa shape index (κ3) is 10.1. The van der Waals surface area contributed by atoms with E-state index >= 15 is 0 Å². The van der Waals surface area contributed by atoms with Gasteiger partial charge in [0.05, 0.1) is 18.6 Å². The lowest BCUT2D eigenvalue weighted by Gasteiger charge is -2.26. The number of aliphatic hydroxyl groups excluding tert-OH is 1. The van der Waals surface area contributed by atoms with Crippen LogP contribution in [0.3, 0.4) is 0 Å². The number of carboxylic acids is 2. The van der Waals surface area contributed by atoms with Crippen LogP contribution in [-0.4, -0.2) is 81.8 Å². The van der Waals surface area contributed by atoms with E-state index in [1.807, 2.05) is 0 Å². The second-order valence-electron chi connectivity index (χ2n) is 6.85. The highest BCUT2D eigenvalue weighted by molar-refractivity contribution is 5.94. The van der Waals surface area contributed by atoms with E-state index in [1.54, 1.807) is 0 Å². The van der Waals surface area contributed by atoms with E-state index in [-0.39, 0.29) is 6.42 Å². The minimum absolute atomic E-state index is 0.119. The summed E-state index contributed by atoms with van der Waals surface area (Å²) in [6.45, 7) is 2.77. The molecule has 0 heterocycles. The van der Waals surface area contributed by atoms with Crippen molar-refractivity contribution in [1.82, 2.24) is 16.0 Å². The Morgan fingerprint density at radius 3 is 1.97 bits per heavy atom. The molecule has 10 N–H and O–H groups in total. The molecule has 0 aliphatic rings. The molecule has 0 rings (SSSR count). The Morgan fingerprint density at radius 1 is 0.900 bits per heavy atom. The zero-order valence-electron chi connectivity index (χ0n) is 17.0. The molecule has 13 heteroatoms. The first-order chi connectivity index (χ1) is 13.9. The van der Waals surface area contributed by atoms with Crippen molar-refractivity contribution in [2.45, 2.75) is 69.8 Å². The Morgan fingerprint density at radius 2 is 1.50 bits per heavy atom. The number of hydrogen-bond donors (Lipinski definition) is 8. The fraction of sp³-hybridized carbons (Fsp3) is 0.706. The number of aliphatic hydroxyl groups is 1. The van der Waals surface area contributed by atoms with Gasteiger partial charge in [-0.05, 0) is 39.7 Å². The van der Waals surface area contributed by atoms with Gasteiger partial charge in [-0.3, -0.25) is 24.0 Å². The van der Waals surface area contributed by atoms with Crippen molar-refractivity contribution >= 4 is 29.7 Å². The number of rotatable bonds is 14. The van der Waals surface area contributed by atoms with E-state index in [0.29, 0.717) is 19.4 Å². The molecule has 5 unspecified atom stereocenters. The van der Waals surface area contributed by atoms with Gasteiger partial charge < -0.3 is 42.7 Å². The molecule has 0 aliphatic heterocycles. The lowest BCUT2D eigenvalue weighted by Crippen LogP contribution is -2.59. The Hall–Kier alpha value is -2.77. The van der Waals surface area contributed by atoms with Crippen LogP contribution < -0.4 is 27.4 Å². The van der Waals surface area contributed by atoms with E-state index in [1.165, 1.54) is 13.8 Å². The van der Waals surface area contributed by atoms with Crippen LogP contribution >= 0.6 is 0 Å². The summed E-state index contributed by atoms with van der Waals surface area (Å²) in [6.07, 6.45) is -0.921. The fourth-order valence-corrected chi connectivity index (χ4v) is 2.35. The molecule has 5 atom stereocenters. The van der Waals surface area contributed by atoms with Crippen LogP contribution in [0, 0.1) is 0 Å². The first-order valence-electron chi connectivity index (χ1n) is 9.40. The minimum Gasteiger partial charge on any atom is -0.481 e. The molecule has 0 bridgehead atoms. The topological polar surface area (TPSA) is 234 Å². The smallest absolute Gasteiger partial charge is 0.325 e. The first kappa shape index (κ1) is 27.2. The molecule has 0 saturated carbocycles. The maximum absolute atomic E-state index is 12.6. The van der Waals surface area contributed by atoms with Crippen LogP contribution in [-0.2, 0) is 24.0 Å². The van der Waals surface area contributed by atoms with Gasteiger partial charge in [-0.15, -0.1) is 0 Å². The number of carboxylic acid groups (broad SMARTS) is 2. The maximum atomic E-state index is 12.6. The summed E-state index contributed by atoms with van der Waals surface area (Å²) in [4.78, 5) is 58.6. The Balaban J connectivity index is 5.28. The average Bonchev–Trinajstić information content (AvgIpc) is 2.63. The van der Waals surface area contributed by atoms with Crippen molar-refractivity contribution in [2.75, 3.05) is 6.54 Å². The zero-order chi connectivity index (χ0) is 23.4. The molecule has 3 amide bonds. The van der Waals surface area contributed by atoms with Gasteiger partial charge in [0.15, 0.2) is 0 Å². The molecule has 0 fully saturated rings.